The molecule has 0 saturated heterocycles. The highest BCUT2D eigenvalue weighted by Gasteiger charge is 2.14. The lowest BCUT2D eigenvalue weighted by atomic mass is 10.0. The number of nitrogens with one attached hydrogen (secondary N) is 1. The number of H-pyrrole nitrogens is 1. The molecule has 0 bridgehead atoms. The Morgan fingerprint density at radius 1 is 1.20 bits per heavy atom. The maximum absolute atomic E-state index is 13.3. The van der Waals surface area contributed by atoms with Gasteiger partial charge in [0.25, 0.3) is 0 Å². The largest absolute Gasteiger partial charge is 0.330 e. The minimum Gasteiger partial charge on any atom is -0.330 e. The van der Waals surface area contributed by atoms with Crippen LogP contribution in [0.1, 0.15) is 24.1 Å². The van der Waals surface area contributed by atoms with Crippen LogP contribution in [-0.2, 0) is 0 Å². The van der Waals surface area contributed by atoms with Gasteiger partial charge < -0.3 is 9.55 Å². The zero-order chi connectivity index (χ0) is 14.3. The minimum absolute atomic E-state index is 0.0999. The normalized spacial score (nSPS) is 12.8. The molecule has 0 radical (unpaired) electrons. The predicted octanol–water partition coefficient (Wildman–Crippen LogP) is 4.76. The van der Waals surface area contributed by atoms with Gasteiger partial charge in [-0.05, 0) is 55.4 Å². The molecule has 0 aliphatic carbocycles. The average Bonchev–Trinajstić information content (AvgIpc) is 2.73. The molecule has 0 amide bonds. The number of aryl methyl sites for hydroxylation is 1. The fourth-order valence-corrected chi connectivity index (χ4v) is 3.05. The molecule has 0 fully saturated rings. The second kappa shape index (κ2) is 4.87. The molecule has 0 spiro atoms. The van der Waals surface area contributed by atoms with Gasteiger partial charge in [-0.15, -0.1) is 0 Å². The topological polar surface area (TPSA) is 20.7 Å². The van der Waals surface area contributed by atoms with Crippen molar-refractivity contribution in [1.82, 2.24) is 9.55 Å². The van der Waals surface area contributed by atoms with E-state index < -0.39 is 0 Å². The molecule has 0 aliphatic heterocycles. The number of rotatable bonds is 2. The first-order valence-electron chi connectivity index (χ1n) is 6.53. The van der Waals surface area contributed by atoms with Crippen LogP contribution in [0, 0.1) is 17.5 Å². The van der Waals surface area contributed by atoms with Gasteiger partial charge in [-0.25, -0.2) is 4.39 Å². The summed E-state index contributed by atoms with van der Waals surface area (Å²) >= 11 is 5.40. The van der Waals surface area contributed by atoms with Crippen LogP contribution >= 0.6 is 12.2 Å². The van der Waals surface area contributed by atoms with E-state index in [1.165, 1.54) is 23.3 Å². The fraction of sp³-hybridized carbons (Fsp3) is 0.188. The number of fused-ring (bicyclic) bond motifs is 1. The van der Waals surface area contributed by atoms with Crippen LogP contribution in [-0.4, -0.2) is 9.55 Å². The Bertz CT molecular complexity index is 832. The lowest BCUT2D eigenvalue weighted by Gasteiger charge is -2.17. The summed E-state index contributed by atoms with van der Waals surface area (Å²) in [6.07, 6.45) is 0. The third-order valence-electron chi connectivity index (χ3n) is 3.70. The molecule has 20 heavy (non-hydrogen) atoms. The smallest absolute Gasteiger partial charge is 0.178 e. The summed E-state index contributed by atoms with van der Waals surface area (Å²) in [6.45, 7) is 4.19. The summed E-state index contributed by atoms with van der Waals surface area (Å²) in [5, 5.41) is 0. The van der Waals surface area contributed by atoms with E-state index in [1.54, 1.807) is 6.07 Å². The first kappa shape index (κ1) is 13.1. The first-order chi connectivity index (χ1) is 9.58. The van der Waals surface area contributed by atoms with Crippen LogP contribution in [0.2, 0.25) is 0 Å². The van der Waals surface area contributed by atoms with Crippen LogP contribution in [0.3, 0.4) is 0 Å². The summed E-state index contributed by atoms with van der Waals surface area (Å²) < 4.78 is 15.9. The Hall–Kier alpha value is -1.94. The van der Waals surface area contributed by atoms with Gasteiger partial charge in [0, 0.05) is 0 Å². The maximum atomic E-state index is 13.3. The Morgan fingerprint density at radius 3 is 2.70 bits per heavy atom. The first-order valence-corrected chi connectivity index (χ1v) is 6.94. The molecule has 102 valence electrons. The highest BCUT2D eigenvalue weighted by molar-refractivity contribution is 7.71. The van der Waals surface area contributed by atoms with Crippen molar-refractivity contribution in [2.24, 2.45) is 0 Å². The Morgan fingerprint density at radius 2 is 1.95 bits per heavy atom. The molecule has 1 unspecified atom stereocenters. The second-order valence-electron chi connectivity index (χ2n) is 4.99. The van der Waals surface area contributed by atoms with Crippen molar-refractivity contribution >= 4 is 23.3 Å². The monoisotopic (exact) mass is 286 g/mol. The lowest BCUT2D eigenvalue weighted by molar-refractivity contribution is 0.628. The third kappa shape index (κ3) is 2.06. The molecule has 0 saturated carbocycles. The molecule has 3 rings (SSSR count). The number of benzene rings is 2. The number of imidazole rings is 1. The molecule has 1 N–H and O–H groups in total. The number of nitrogens with zero attached hydrogens (tertiary/aromatic N) is 1. The van der Waals surface area contributed by atoms with E-state index in [4.69, 9.17) is 12.2 Å². The van der Waals surface area contributed by atoms with E-state index in [1.807, 2.05) is 16.7 Å². The number of hydrogen-bond acceptors (Lipinski definition) is 1. The van der Waals surface area contributed by atoms with Crippen LogP contribution in [0.25, 0.3) is 11.0 Å². The second-order valence-corrected chi connectivity index (χ2v) is 5.38. The molecular weight excluding hydrogens is 271 g/mol. The van der Waals surface area contributed by atoms with E-state index >= 15 is 0 Å². The van der Waals surface area contributed by atoms with Crippen LogP contribution in [0.5, 0.6) is 0 Å². The Balaban J connectivity index is 2.22. The van der Waals surface area contributed by atoms with Crippen LogP contribution in [0.15, 0.2) is 42.5 Å². The predicted molar refractivity (Wildman–Crippen MR) is 82.1 cm³/mol. The number of aromatic nitrogens is 2. The van der Waals surface area contributed by atoms with Crippen molar-refractivity contribution < 1.29 is 4.39 Å². The van der Waals surface area contributed by atoms with Crippen molar-refractivity contribution in [3.05, 3.63) is 64.2 Å². The van der Waals surface area contributed by atoms with Crippen molar-refractivity contribution in [1.29, 1.82) is 0 Å². The lowest BCUT2D eigenvalue weighted by Crippen LogP contribution is -2.08. The molecule has 1 aromatic heterocycles. The SMILES string of the molecule is Cc1ccccc1C(C)n1c(=S)[nH]c2cc(F)ccc21. The Labute approximate surface area is 121 Å². The highest BCUT2D eigenvalue weighted by atomic mass is 32.1. The van der Waals surface area contributed by atoms with Gasteiger partial charge in [-0.1, -0.05) is 24.3 Å². The van der Waals surface area contributed by atoms with Crippen molar-refractivity contribution in [3.63, 3.8) is 0 Å². The molecule has 1 atom stereocenters. The van der Waals surface area contributed by atoms with Crippen LogP contribution < -0.4 is 0 Å². The van der Waals surface area contributed by atoms with Crippen molar-refractivity contribution in [3.8, 4) is 0 Å². The van der Waals surface area contributed by atoms with Gasteiger partial charge in [-0.3, -0.25) is 0 Å². The molecule has 1 heterocycles. The Kier molecular flexibility index (Phi) is 3.18. The van der Waals surface area contributed by atoms with Gasteiger partial charge >= 0.3 is 0 Å². The molecular formula is C16H15FN2S. The standard InChI is InChI=1S/C16H15FN2S/c1-10-5-3-4-6-13(10)11(2)19-15-8-7-12(17)9-14(15)18-16(19)20/h3-9,11H,1-2H3,(H,18,20). The molecule has 2 nitrogen and oxygen atoms in total. The number of aromatic amines is 1. The van der Waals surface area contributed by atoms with Crippen molar-refractivity contribution in [2.75, 3.05) is 0 Å². The molecule has 2 aromatic carbocycles. The zero-order valence-electron chi connectivity index (χ0n) is 11.4. The van der Waals surface area contributed by atoms with E-state index in [0.717, 1.165) is 11.0 Å². The third-order valence-corrected chi connectivity index (χ3v) is 4.00. The zero-order valence-corrected chi connectivity index (χ0v) is 12.2. The van der Waals surface area contributed by atoms with Gasteiger partial charge in [-0.2, -0.15) is 0 Å². The van der Waals surface area contributed by atoms with Gasteiger partial charge in [0.1, 0.15) is 5.82 Å². The highest BCUT2D eigenvalue weighted by Crippen LogP contribution is 2.26. The van der Waals surface area contributed by atoms with Crippen LogP contribution in [0.4, 0.5) is 4.39 Å². The van der Waals surface area contributed by atoms with Gasteiger partial charge in [0.05, 0.1) is 17.1 Å². The quantitative estimate of drug-likeness (QED) is 0.674. The number of hydrogen-bond donors (Lipinski definition) is 1. The van der Waals surface area contributed by atoms with E-state index in [0.29, 0.717) is 4.77 Å². The molecule has 4 heteroatoms. The molecule has 3 aromatic rings. The van der Waals surface area contributed by atoms with Gasteiger partial charge in [0.15, 0.2) is 4.77 Å². The maximum Gasteiger partial charge on any atom is 0.178 e. The summed E-state index contributed by atoms with van der Waals surface area (Å²) in [5.74, 6) is -0.260. The molecule has 0 aliphatic rings. The van der Waals surface area contributed by atoms with E-state index in [2.05, 4.69) is 31.0 Å². The summed E-state index contributed by atoms with van der Waals surface area (Å²) in [6, 6.07) is 13.0. The summed E-state index contributed by atoms with van der Waals surface area (Å²) in [7, 11) is 0. The van der Waals surface area contributed by atoms with E-state index in [-0.39, 0.29) is 11.9 Å². The summed E-state index contributed by atoms with van der Waals surface area (Å²) in [5.41, 5.74) is 4.09. The van der Waals surface area contributed by atoms with Gasteiger partial charge in [0.2, 0.25) is 0 Å². The average molecular weight is 286 g/mol. The fourth-order valence-electron chi connectivity index (χ4n) is 2.68. The summed E-state index contributed by atoms with van der Waals surface area (Å²) in [4.78, 5) is 3.08. The van der Waals surface area contributed by atoms with Crippen molar-refractivity contribution in [2.45, 2.75) is 19.9 Å². The number of halogens is 1. The minimum atomic E-state index is -0.260. The van der Waals surface area contributed by atoms with E-state index in [9.17, 15) is 4.39 Å².